The molecule has 2 aromatic carbocycles. The molecule has 0 aliphatic carbocycles. The van der Waals surface area contributed by atoms with Gasteiger partial charge in [0.15, 0.2) is 17.5 Å². The van der Waals surface area contributed by atoms with E-state index in [0.29, 0.717) is 12.5 Å². The Morgan fingerprint density at radius 2 is 1.87 bits per heavy atom. The summed E-state index contributed by atoms with van der Waals surface area (Å²) in [5.41, 5.74) is 2.16. The monoisotopic (exact) mass is 535 g/mol. The van der Waals surface area contributed by atoms with Crippen LogP contribution >= 0.6 is 24.0 Å². The van der Waals surface area contributed by atoms with Crippen LogP contribution in [0.2, 0.25) is 0 Å². The fraction of sp³-hybridized carbons (Fsp3) is 0.304. The summed E-state index contributed by atoms with van der Waals surface area (Å²) in [4.78, 5) is 4.34. The maximum absolute atomic E-state index is 6.00. The lowest BCUT2D eigenvalue weighted by Gasteiger charge is -2.21. The Morgan fingerprint density at radius 3 is 2.55 bits per heavy atom. The number of methoxy groups -OCH3 is 1. The number of nitrogens with zero attached hydrogens (tertiary/aromatic N) is 3. The van der Waals surface area contributed by atoms with Crippen LogP contribution in [0.3, 0.4) is 0 Å². The van der Waals surface area contributed by atoms with Gasteiger partial charge in [-0.1, -0.05) is 24.3 Å². The molecule has 3 aromatic rings. The molecular formula is C23H30IN5O2. The molecule has 7 nitrogen and oxygen atoms in total. The molecule has 0 bridgehead atoms. The predicted molar refractivity (Wildman–Crippen MR) is 135 cm³/mol. The third-order valence-corrected chi connectivity index (χ3v) is 4.67. The first kappa shape index (κ1) is 24.5. The molecule has 1 heterocycles. The Balaban J connectivity index is 0.00000341. The van der Waals surface area contributed by atoms with E-state index in [1.807, 2.05) is 60.3 Å². The van der Waals surface area contributed by atoms with Crippen molar-refractivity contribution in [3.63, 3.8) is 0 Å². The largest absolute Gasteiger partial charge is 0.493 e. The van der Waals surface area contributed by atoms with Crippen molar-refractivity contribution < 1.29 is 9.47 Å². The smallest absolute Gasteiger partial charge is 0.191 e. The Morgan fingerprint density at radius 1 is 1.10 bits per heavy atom. The second-order valence-corrected chi connectivity index (χ2v) is 6.94. The number of halogens is 1. The van der Waals surface area contributed by atoms with E-state index >= 15 is 0 Å². The molecule has 0 aliphatic rings. The van der Waals surface area contributed by atoms with Gasteiger partial charge in [0.25, 0.3) is 0 Å². The second-order valence-electron chi connectivity index (χ2n) is 6.94. The van der Waals surface area contributed by atoms with Crippen LogP contribution in [0.5, 0.6) is 11.5 Å². The molecule has 0 spiro atoms. The van der Waals surface area contributed by atoms with Gasteiger partial charge in [0.05, 0.1) is 25.4 Å². The van der Waals surface area contributed by atoms with Crippen LogP contribution in [0.15, 0.2) is 72.0 Å². The van der Waals surface area contributed by atoms with E-state index in [9.17, 15) is 0 Å². The van der Waals surface area contributed by atoms with Crippen LogP contribution in [0.1, 0.15) is 25.5 Å². The number of nitrogens with one attached hydrogen (secondary N) is 2. The summed E-state index contributed by atoms with van der Waals surface area (Å²) in [6.07, 6.45) is 3.63. The third-order valence-electron chi connectivity index (χ3n) is 4.67. The number of aromatic nitrogens is 2. The van der Waals surface area contributed by atoms with Gasteiger partial charge >= 0.3 is 0 Å². The van der Waals surface area contributed by atoms with E-state index in [0.717, 1.165) is 22.7 Å². The zero-order valence-corrected chi connectivity index (χ0v) is 20.6. The molecule has 3 rings (SSSR count). The highest BCUT2D eigenvalue weighted by Gasteiger charge is 2.12. The zero-order valence-electron chi connectivity index (χ0n) is 18.3. The van der Waals surface area contributed by atoms with Crippen LogP contribution in [-0.4, -0.2) is 42.5 Å². The van der Waals surface area contributed by atoms with Crippen molar-refractivity contribution in [2.75, 3.05) is 20.7 Å². The molecule has 0 saturated carbocycles. The Kier molecular flexibility index (Phi) is 9.64. The second kappa shape index (κ2) is 12.2. The van der Waals surface area contributed by atoms with E-state index < -0.39 is 0 Å². The van der Waals surface area contributed by atoms with Gasteiger partial charge in [-0.3, -0.25) is 4.99 Å². The SMILES string of the molecule is CN=C(NCC(C)Oc1ccccc1OC)NC(C)c1cccc(-n2cccn2)c1.I. The molecule has 2 N–H and O–H groups in total. The number of benzene rings is 2. The van der Waals surface area contributed by atoms with E-state index in [4.69, 9.17) is 9.47 Å². The highest BCUT2D eigenvalue weighted by atomic mass is 127. The first-order valence-corrected chi connectivity index (χ1v) is 9.97. The van der Waals surface area contributed by atoms with Crippen molar-refractivity contribution in [3.05, 3.63) is 72.6 Å². The van der Waals surface area contributed by atoms with Gasteiger partial charge in [-0.25, -0.2) is 4.68 Å². The number of hydrogen-bond acceptors (Lipinski definition) is 4. The number of para-hydroxylation sites is 2. The maximum Gasteiger partial charge on any atom is 0.191 e. The van der Waals surface area contributed by atoms with Gasteiger partial charge in [0.2, 0.25) is 0 Å². The standard InChI is InChI=1S/C23H29N5O2.HI/c1-17(30-22-12-6-5-11-21(22)29-4)16-25-23(24-3)27-18(2)19-9-7-10-20(15-19)28-14-8-13-26-28;/h5-15,17-18H,16H2,1-4H3,(H2,24,25,27);1H. The minimum Gasteiger partial charge on any atom is -0.493 e. The fourth-order valence-corrected chi connectivity index (χ4v) is 3.06. The third kappa shape index (κ3) is 6.88. The van der Waals surface area contributed by atoms with E-state index in [-0.39, 0.29) is 36.1 Å². The maximum atomic E-state index is 6.00. The van der Waals surface area contributed by atoms with Gasteiger partial charge < -0.3 is 20.1 Å². The lowest BCUT2D eigenvalue weighted by Crippen LogP contribution is -2.42. The van der Waals surface area contributed by atoms with Crippen molar-refractivity contribution in [1.29, 1.82) is 0 Å². The van der Waals surface area contributed by atoms with Crippen molar-refractivity contribution in [1.82, 2.24) is 20.4 Å². The summed E-state index contributed by atoms with van der Waals surface area (Å²) >= 11 is 0. The van der Waals surface area contributed by atoms with Crippen molar-refractivity contribution in [2.24, 2.45) is 4.99 Å². The minimum atomic E-state index is -0.0710. The van der Waals surface area contributed by atoms with Gasteiger partial charge in [-0.2, -0.15) is 5.10 Å². The minimum absolute atomic E-state index is 0. The summed E-state index contributed by atoms with van der Waals surface area (Å²) < 4.78 is 13.2. The molecule has 2 atom stereocenters. The van der Waals surface area contributed by atoms with Gasteiger partial charge in [-0.05, 0) is 49.7 Å². The lowest BCUT2D eigenvalue weighted by atomic mass is 10.1. The van der Waals surface area contributed by atoms with E-state index in [1.54, 1.807) is 20.4 Å². The van der Waals surface area contributed by atoms with Gasteiger partial charge in [0, 0.05) is 19.4 Å². The van der Waals surface area contributed by atoms with Gasteiger partial charge in [0.1, 0.15) is 6.10 Å². The van der Waals surface area contributed by atoms with Crippen LogP contribution in [0.25, 0.3) is 5.69 Å². The molecule has 0 saturated heterocycles. The molecule has 0 radical (unpaired) electrons. The van der Waals surface area contributed by atoms with Crippen LogP contribution < -0.4 is 20.1 Å². The molecule has 0 aliphatic heterocycles. The lowest BCUT2D eigenvalue weighted by molar-refractivity contribution is 0.213. The number of aliphatic imine (C=N–C) groups is 1. The molecule has 0 amide bonds. The molecular weight excluding hydrogens is 505 g/mol. The fourth-order valence-electron chi connectivity index (χ4n) is 3.06. The van der Waals surface area contributed by atoms with Crippen molar-refractivity contribution in [2.45, 2.75) is 26.0 Å². The molecule has 0 fully saturated rings. The average Bonchev–Trinajstić information content (AvgIpc) is 3.32. The van der Waals surface area contributed by atoms with E-state index in [1.165, 1.54) is 0 Å². The first-order chi connectivity index (χ1) is 14.6. The number of guanidine groups is 1. The first-order valence-electron chi connectivity index (χ1n) is 9.97. The van der Waals surface area contributed by atoms with E-state index in [2.05, 4.69) is 39.8 Å². The molecule has 31 heavy (non-hydrogen) atoms. The predicted octanol–water partition coefficient (Wildman–Crippen LogP) is 4.19. The number of ether oxygens (including phenoxy) is 2. The van der Waals surface area contributed by atoms with Crippen LogP contribution in [-0.2, 0) is 0 Å². The Labute approximate surface area is 200 Å². The summed E-state index contributed by atoms with van der Waals surface area (Å²) in [6, 6.07) is 17.9. The Bertz CT molecular complexity index is 962. The molecule has 1 aromatic heterocycles. The number of hydrogen-bond donors (Lipinski definition) is 2. The summed E-state index contributed by atoms with van der Waals surface area (Å²) in [6.45, 7) is 4.70. The highest BCUT2D eigenvalue weighted by molar-refractivity contribution is 14.0. The summed E-state index contributed by atoms with van der Waals surface area (Å²) in [5, 5.41) is 11.0. The normalized spacial score (nSPS) is 13.0. The molecule has 2 unspecified atom stereocenters. The van der Waals surface area contributed by atoms with Crippen LogP contribution in [0, 0.1) is 0 Å². The zero-order chi connectivity index (χ0) is 21.3. The quantitative estimate of drug-likeness (QED) is 0.257. The van der Waals surface area contributed by atoms with Crippen LogP contribution in [0.4, 0.5) is 0 Å². The summed E-state index contributed by atoms with van der Waals surface area (Å²) in [5.74, 6) is 2.15. The average molecular weight is 535 g/mol. The molecule has 166 valence electrons. The van der Waals surface area contributed by atoms with Crippen molar-refractivity contribution in [3.8, 4) is 17.2 Å². The van der Waals surface area contributed by atoms with Gasteiger partial charge in [-0.15, -0.1) is 24.0 Å². The highest BCUT2D eigenvalue weighted by Crippen LogP contribution is 2.26. The number of rotatable bonds is 8. The molecule has 8 heteroatoms. The Hall–Kier alpha value is -2.75. The van der Waals surface area contributed by atoms with Crippen molar-refractivity contribution >= 4 is 29.9 Å². The topological polar surface area (TPSA) is 72.7 Å². The summed E-state index contributed by atoms with van der Waals surface area (Å²) in [7, 11) is 3.40.